The summed E-state index contributed by atoms with van der Waals surface area (Å²) in [5.41, 5.74) is 3.35. The number of piperidine rings is 1. The Kier molecular flexibility index (Phi) is 6.75. The van der Waals surface area contributed by atoms with Crippen molar-refractivity contribution in [3.05, 3.63) is 65.7 Å². The van der Waals surface area contributed by atoms with Gasteiger partial charge >= 0.3 is 0 Å². The van der Waals surface area contributed by atoms with Crippen molar-refractivity contribution < 1.29 is 9.53 Å². The van der Waals surface area contributed by atoms with Crippen molar-refractivity contribution in [1.82, 2.24) is 5.32 Å². The molecule has 0 aliphatic carbocycles. The third-order valence-electron chi connectivity index (χ3n) is 5.44. The first-order chi connectivity index (χ1) is 13.5. The Bertz CT molecular complexity index is 788. The molecule has 0 unspecified atom stereocenters. The van der Waals surface area contributed by atoms with Gasteiger partial charge in [0.2, 0.25) is 5.91 Å². The van der Waals surface area contributed by atoms with Crippen molar-refractivity contribution >= 4 is 17.7 Å². The van der Waals surface area contributed by atoms with Gasteiger partial charge in [-0.05, 0) is 67.2 Å². The molecule has 4 nitrogen and oxygen atoms in total. The molecule has 0 radical (unpaired) electrons. The van der Waals surface area contributed by atoms with E-state index in [-0.39, 0.29) is 11.9 Å². The molecule has 0 bridgehead atoms. The van der Waals surface area contributed by atoms with Gasteiger partial charge in [0.15, 0.2) is 0 Å². The zero-order valence-corrected chi connectivity index (χ0v) is 17.0. The third-order valence-corrected chi connectivity index (χ3v) is 5.44. The minimum absolute atomic E-state index is 0.0385. The van der Waals surface area contributed by atoms with Crippen molar-refractivity contribution in [2.75, 3.05) is 25.1 Å². The lowest BCUT2D eigenvalue weighted by atomic mass is 9.98. The minimum Gasteiger partial charge on any atom is -0.497 e. The summed E-state index contributed by atoms with van der Waals surface area (Å²) in [4.78, 5) is 14.7. The maximum atomic E-state index is 12.2. The van der Waals surface area contributed by atoms with Gasteiger partial charge in [-0.3, -0.25) is 4.79 Å². The van der Waals surface area contributed by atoms with E-state index >= 15 is 0 Å². The summed E-state index contributed by atoms with van der Waals surface area (Å²) < 4.78 is 5.14. The van der Waals surface area contributed by atoms with Crippen molar-refractivity contribution in [3.8, 4) is 5.75 Å². The standard InChI is InChI=1S/C24H30N2O2/c1-18-14-16-26(17-15-18)22-9-7-21(8-10-22)19(2)25-24(27)13-6-20-4-11-23(28-3)12-5-20/h4-13,18-19H,14-17H2,1-3H3,(H,25,27)/b13-6+/t19-/m1/s1. The average Bonchev–Trinajstić information content (AvgIpc) is 2.73. The average molecular weight is 379 g/mol. The van der Waals surface area contributed by atoms with Gasteiger partial charge in [0.1, 0.15) is 5.75 Å². The van der Waals surface area contributed by atoms with Crippen LogP contribution in [-0.4, -0.2) is 26.1 Å². The molecule has 4 heteroatoms. The van der Waals surface area contributed by atoms with Gasteiger partial charge in [0.05, 0.1) is 13.2 Å². The Balaban J connectivity index is 1.53. The Labute approximate surface area is 168 Å². The Morgan fingerprint density at radius 3 is 2.36 bits per heavy atom. The molecule has 2 aromatic carbocycles. The second-order valence-electron chi connectivity index (χ2n) is 7.60. The quantitative estimate of drug-likeness (QED) is 0.733. The van der Waals surface area contributed by atoms with Gasteiger partial charge in [-0.15, -0.1) is 0 Å². The monoisotopic (exact) mass is 378 g/mol. The molecular weight excluding hydrogens is 348 g/mol. The molecule has 2 aromatic rings. The van der Waals surface area contributed by atoms with E-state index < -0.39 is 0 Å². The van der Waals surface area contributed by atoms with E-state index in [9.17, 15) is 4.79 Å². The normalized spacial score (nSPS) is 16.2. The van der Waals surface area contributed by atoms with Crippen LogP contribution in [-0.2, 0) is 4.79 Å². The Morgan fingerprint density at radius 1 is 1.11 bits per heavy atom. The number of nitrogens with zero attached hydrogens (tertiary/aromatic N) is 1. The zero-order valence-electron chi connectivity index (χ0n) is 17.0. The van der Waals surface area contributed by atoms with E-state index in [0.717, 1.165) is 35.9 Å². The van der Waals surface area contributed by atoms with Crippen LogP contribution in [0.25, 0.3) is 6.08 Å². The van der Waals surface area contributed by atoms with Gasteiger partial charge in [0, 0.05) is 24.9 Å². The van der Waals surface area contributed by atoms with E-state index in [0.29, 0.717) is 0 Å². The minimum atomic E-state index is -0.0996. The lowest BCUT2D eigenvalue weighted by Gasteiger charge is -2.32. The second-order valence-corrected chi connectivity index (χ2v) is 7.60. The van der Waals surface area contributed by atoms with Crippen molar-refractivity contribution in [3.63, 3.8) is 0 Å². The number of benzene rings is 2. The van der Waals surface area contributed by atoms with Crippen LogP contribution in [0.4, 0.5) is 5.69 Å². The van der Waals surface area contributed by atoms with Crippen LogP contribution in [0.2, 0.25) is 0 Å². The molecule has 1 heterocycles. The molecule has 0 aromatic heterocycles. The molecule has 28 heavy (non-hydrogen) atoms. The van der Waals surface area contributed by atoms with E-state index in [1.54, 1.807) is 13.2 Å². The molecule has 3 rings (SSSR count). The molecular formula is C24H30N2O2. The zero-order chi connectivity index (χ0) is 19.9. The number of methoxy groups -OCH3 is 1. The molecule has 0 saturated carbocycles. The van der Waals surface area contributed by atoms with Crippen LogP contribution in [0.1, 0.15) is 43.9 Å². The largest absolute Gasteiger partial charge is 0.497 e. The highest BCUT2D eigenvalue weighted by molar-refractivity contribution is 5.92. The van der Waals surface area contributed by atoms with Gasteiger partial charge in [0.25, 0.3) is 0 Å². The molecule has 1 aliphatic rings. The number of ether oxygens (including phenoxy) is 1. The van der Waals surface area contributed by atoms with Crippen molar-refractivity contribution in [2.24, 2.45) is 5.92 Å². The lowest BCUT2D eigenvalue weighted by Crippen LogP contribution is -2.32. The molecule has 0 spiro atoms. The summed E-state index contributed by atoms with van der Waals surface area (Å²) in [6, 6.07) is 16.1. The first kappa shape index (κ1) is 20.0. The van der Waals surface area contributed by atoms with Crippen LogP contribution < -0.4 is 15.0 Å². The highest BCUT2D eigenvalue weighted by atomic mass is 16.5. The molecule has 1 amide bonds. The summed E-state index contributed by atoms with van der Waals surface area (Å²) in [5, 5.41) is 3.03. The predicted octanol–water partition coefficient (Wildman–Crippen LogP) is 4.82. The number of hydrogen-bond donors (Lipinski definition) is 1. The maximum Gasteiger partial charge on any atom is 0.244 e. The highest BCUT2D eigenvalue weighted by Gasteiger charge is 2.16. The smallest absolute Gasteiger partial charge is 0.244 e. The molecule has 1 atom stereocenters. The lowest BCUT2D eigenvalue weighted by molar-refractivity contribution is -0.117. The second kappa shape index (κ2) is 9.45. The van der Waals surface area contributed by atoms with E-state index in [1.165, 1.54) is 18.5 Å². The first-order valence-corrected chi connectivity index (χ1v) is 10.0. The fraction of sp³-hybridized carbons (Fsp3) is 0.375. The number of carbonyl (C=O) groups is 1. The maximum absolute atomic E-state index is 12.2. The van der Waals surface area contributed by atoms with Crippen LogP contribution in [0, 0.1) is 5.92 Å². The summed E-state index contributed by atoms with van der Waals surface area (Å²) in [6.45, 7) is 6.59. The Hall–Kier alpha value is -2.75. The van der Waals surface area contributed by atoms with Gasteiger partial charge < -0.3 is 15.0 Å². The predicted molar refractivity (Wildman–Crippen MR) is 116 cm³/mol. The number of carbonyl (C=O) groups excluding carboxylic acids is 1. The molecule has 1 saturated heterocycles. The fourth-order valence-corrected chi connectivity index (χ4v) is 3.47. The molecule has 1 N–H and O–H groups in total. The number of rotatable bonds is 6. The number of anilines is 1. The van der Waals surface area contributed by atoms with E-state index in [1.807, 2.05) is 37.3 Å². The van der Waals surface area contributed by atoms with Crippen LogP contribution in [0.5, 0.6) is 5.75 Å². The molecule has 1 fully saturated rings. The topological polar surface area (TPSA) is 41.6 Å². The fourth-order valence-electron chi connectivity index (χ4n) is 3.47. The van der Waals surface area contributed by atoms with Gasteiger partial charge in [-0.25, -0.2) is 0 Å². The van der Waals surface area contributed by atoms with Crippen molar-refractivity contribution in [1.29, 1.82) is 0 Å². The SMILES string of the molecule is COc1ccc(/C=C/C(=O)N[C@H](C)c2ccc(N3CCC(C)CC3)cc2)cc1. The molecule has 148 valence electrons. The Morgan fingerprint density at radius 2 is 1.75 bits per heavy atom. The number of nitrogens with one attached hydrogen (secondary N) is 1. The number of hydrogen-bond acceptors (Lipinski definition) is 3. The van der Waals surface area contributed by atoms with E-state index in [4.69, 9.17) is 4.74 Å². The molecule has 1 aliphatic heterocycles. The summed E-state index contributed by atoms with van der Waals surface area (Å²) >= 11 is 0. The summed E-state index contributed by atoms with van der Waals surface area (Å²) in [6.07, 6.45) is 5.90. The first-order valence-electron chi connectivity index (χ1n) is 10.0. The van der Waals surface area contributed by atoms with Gasteiger partial charge in [-0.2, -0.15) is 0 Å². The van der Waals surface area contributed by atoms with Crippen LogP contribution in [0.15, 0.2) is 54.6 Å². The number of amides is 1. The van der Waals surface area contributed by atoms with Crippen LogP contribution >= 0.6 is 0 Å². The highest BCUT2D eigenvalue weighted by Crippen LogP contribution is 2.24. The summed E-state index contributed by atoms with van der Waals surface area (Å²) in [5.74, 6) is 1.53. The van der Waals surface area contributed by atoms with Crippen molar-refractivity contribution in [2.45, 2.75) is 32.7 Å². The van der Waals surface area contributed by atoms with Gasteiger partial charge in [-0.1, -0.05) is 31.2 Å². The summed E-state index contributed by atoms with van der Waals surface area (Å²) in [7, 11) is 1.64. The van der Waals surface area contributed by atoms with E-state index in [2.05, 4.69) is 41.4 Å². The third kappa shape index (κ3) is 5.38. The van der Waals surface area contributed by atoms with Crippen LogP contribution in [0.3, 0.4) is 0 Å².